The molecule has 0 spiro atoms. The van der Waals surface area contributed by atoms with E-state index in [9.17, 15) is 9.18 Å². The molecule has 1 aromatic carbocycles. The molecule has 5 nitrogen and oxygen atoms in total. The van der Waals surface area contributed by atoms with E-state index in [1.807, 2.05) is 0 Å². The van der Waals surface area contributed by atoms with Gasteiger partial charge in [-0.3, -0.25) is 10.1 Å². The summed E-state index contributed by atoms with van der Waals surface area (Å²) in [6, 6.07) is 6.07. The second-order valence-corrected chi connectivity index (χ2v) is 8.07. The third-order valence-corrected chi connectivity index (χ3v) is 6.24. The summed E-state index contributed by atoms with van der Waals surface area (Å²) in [4.78, 5) is 13.0. The van der Waals surface area contributed by atoms with Crippen LogP contribution in [0.25, 0.3) is 11.5 Å². The number of benzene rings is 1. The highest BCUT2D eigenvalue weighted by atomic mass is 19.1. The van der Waals surface area contributed by atoms with E-state index in [1.54, 1.807) is 12.1 Å². The molecule has 4 fully saturated rings. The van der Waals surface area contributed by atoms with Gasteiger partial charge < -0.3 is 4.42 Å². The molecule has 0 saturated heterocycles. The number of carbonyl (C=O) groups is 1. The van der Waals surface area contributed by atoms with Crippen molar-refractivity contribution in [2.24, 2.45) is 23.2 Å². The average molecular weight is 341 g/mol. The van der Waals surface area contributed by atoms with Crippen LogP contribution >= 0.6 is 0 Å². The smallest absolute Gasteiger partial charge is 0.322 e. The molecule has 1 amide bonds. The predicted octanol–water partition coefficient (Wildman–Crippen LogP) is 4.03. The molecule has 25 heavy (non-hydrogen) atoms. The van der Waals surface area contributed by atoms with Crippen LogP contribution in [0, 0.1) is 29.0 Å². The monoisotopic (exact) mass is 341 g/mol. The Morgan fingerprint density at radius 1 is 1.12 bits per heavy atom. The number of hydrogen-bond acceptors (Lipinski definition) is 4. The molecule has 4 bridgehead atoms. The maximum Gasteiger partial charge on any atom is 0.322 e. The summed E-state index contributed by atoms with van der Waals surface area (Å²) in [6.07, 6.45) is 6.81. The van der Waals surface area contributed by atoms with Crippen molar-refractivity contribution in [3.05, 3.63) is 30.1 Å². The molecule has 1 aromatic heterocycles. The van der Waals surface area contributed by atoms with Crippen LogP contribution in [0.2, 0.25) is 0 Å². The Bertz CT molecular complexity index is 796. The largest absolute Gasteiger partial charge is 0.403 e. The first kappa shape index (κ1) is 15.0. The van der Waals surface area contributed by atoms with Crippen LogP contribution in [0.1, 0.15) is 38.5 Å². The first-order valence-corrected chi connectivity index (χ1v) is 9.00. The van der Waals surface area contributed by atoms with E-state index in [4.69, 9.17) is 4.42 Å². The van der Waals surface area contributed by atoms with Crippen molar-refractivity contribution in [3.8, 4) is 11.5 Å². The average Bonchev–Trinajstić information content (AvgIpc) is 3.02. The number of nitrogens with one attached hydrogen (secondary N) is 1. The van der Waals surface area contributed by atoms with Crippen molar-refractivity contribution in [2.75, 3.05) is 5.32 Å². The molecule has 130 valence electrons. The summed E-state index contributed by atoms with van der Waals surface area (Å²) >= 11 is 0. The maximum absolute atomic E-state index is 13.3. The summed E-state index contributed by atoms with van der Waals surface area (Å²) in [5, 5.41) is 10.7. The van der Waals surface area contributed by atoms with Crippen molar-refractivity contribution in [1.82, 2.24) is 10.2 Å². The van der Waals surface area contributed by atoms with Gasteiger partial charge in [0.05, 0.1) is 5.41 Å². The van der Waals surface area contributed by atoms with Gasteiger partial charge >= 0.3 is 6.01 Å². The number of rotatable bonds is 3. The second-order valence-electron chi connectivity index (χ2n) is 8.07. The summed E-state index contributed by atoms with van der Waals surface area (Å²) in [5.41, 5.74) is 0.241. The number of nitrogens with zero attached hydrogens (tertiary/aromatic N) is 2. The highest BCUT2D eigenvalue weighted by molar-refractivity contribution is 5.94. The van der Waals surface area contributed by atoms with Gasteiger partial charge in [0.25, 0.3) is 0 Å². The molecular formula is C19H20FN3O2. The molecule has 1 heterocycles. The summed E-state index contributed by atoms with van der Waals surface area (Å²) in [6.45, 7) is 0. The highest BCUT2D eigenvalue weighted by Crippen LogP contribution is 2.60. The van der Waals surface area contributed by atoms with Gasteiger partial charge in [0.15, 0.2) is 0 Å². The summed E-state index contributed by atoms with van der Waals surface area (Å²) in [7, 11) is 0. The van der Waals surface area contributed by atoms with E-state index in [0.29, 0.717) is 23.3 Å². The van der Waals surface area contributed by atoms with Gasteiger partial charge in [-0.15, -0.1) is 5.10 Å². The van der Waals surface area contributed by atoms with E-state index in [2.05, 4.69) is 15.5 Å². The number of aromatic nitrogens is 2. The Balaban J connectivity index is 1.35. The zero-order valence-corrected chi connectivity index (χ0v) is 13.9. The number of anilines is 1. The standard InChI is InChI=1S/C19H20FN3O2/c20-15-3-1-2-14(7-15)16-22-23-18(25-16)21-17(24)19-8-11-4-12(9-19)6-13(5-11)10-19/h1-3,7,11-13H,4-6,8-10H2,(H,21,23,24). The van der Waals surface area contributed by atoms with Gasteiger partial charge in [0.1, 0.15) is 5.82 Å². The lowest BCUT2D eigenvalue weighted by atomic mass is 9.49. The molecule has 2 aromatic rings. The Kier molecular flexibility index (Phi) is 3.24. The lowest BCUT2D eigenvalue weighted by Crippen LogP contribution is -2.51. The zero-order valence-electron chi connectivity index (χ0n) is 13.9. The first-order chi connectivity index (χ1) is 12.1. The lowest BCUT2D eigenvalue weighted by Gasteiger charge is -2.55. The van der Waals surface area contributed by atoms with Crippen molar-refractivity contribution in [2.45, 2.75) is 38.5 Å². The van der Waals surface area contributed by atoms with Crippen molar-refractivity contribution >= 4 is 11.9 Å². The van der Waals surface area contributed by atoms with Gasteiger partial charge in [-0.2, -0.15) is 0 Å². The Morgan fingerprint density at radius 3 is 2.44 bits per heavy atom. The molecule has 0 atom stereocenters. The quantitative estimate of drug-likeness (QED) is 0.915. The molecule has 6 heteroatoms. The van der Waals surface area contributed by atoms with Crippen LogP contribution in [-0.2, 0) is 4.79 Å². The van der Waals surface area contributed by atoms with Crippen molar-refractivity contribution in [1.29, 1.82) is 0 Å². The van der Waals surface area contributed by atoms with Crippen molar-refractivity contribution in [3.63, 3.8) is 0 Å². The third-order valence-electron chi connectivity index (χ3n) is 6.24. The fraction of sp³-hybridized carbons (Fsp3) is 0.526. The Hall–Kier alpha value is -2.24. The summed E-state index contributed by atoms with van der Waals surface area (Å²) in [5.74, 6) is 1.95. The molecule has 0 aliphatic heterocycles. The maximum atomic E-state index is 13.3. The molecular weight excluding hydrogens is 321 g/mol. The van der Waals surface area contributed by atoms with E-state index in [1.165, 1.54) is 31.4 Å². The molecule has 0 radical (unpaired) electrons. The van der Waals surface area contributed by atoms with Crippen LogP contribution < -0.4 is 5.32 Å². The Labute approximate surface area is 145 Å². The zero-order chi connectivity index (χ0) is 17.0. The SMILES string of the molecule is O=C(Nc1nnc(-c2cccc(F)c2)o1)C12CC3CC(CC(C3)C1)C2. The van der Waals surface area contributed by atoms with Gasteiger partial charge in [-0.05, 0) is 74.5 Å². The van der Waals surface area contributed by atoms with E-state index in [0.717, 1.165) is 19.3 Å². The topological polar surface area (TPSA) is 68.0 Å². The van der Waals surface area contributed by atoms with Crippen LogP contribution in [0.15, 0.2) is 28.7 Å². The Morgan fingerprint density at radius 2 is 1.80 bits per heavy atom. The highest BCUT2D eigenvalue weighted by Gasteiger charge is 2.54. The number of carbonyl (C=O) groups excluding carboxylic acids is 1. The van der Waals surface area contributed by atoms with Crippen LogP contribution in [0.5, 0.6) is 0 Å². The minimum atomic E-state index is -0.366. The molecule has 4 aliphatic carbocycles. The van der Waals surface area contributed by atoms with Gasteiger partial charge in [0.2, 0.25) is 11.8 Å². The fourth-order valence-electron chi connectivity index (χ4n) is 5.63. The number of amides is 1. The minimum Gasteiger partial charge on any atom is -0.403 e. The van der Waals surface area contributed by atoms with Gasteiger partial charge in [-0.1, -0.05) is 11.2 Å². The molecule has 4 aliphatic rings. The summed E-state index contributed by atoms with van der Waals surface area (Å²) < 4.78 is 18.9. The number of halogens is 1. The molecule has 0 unspecified atom stereocenters. The van der Waals surface area contributed by atoms with Crippen LogP contribution in [-0.4, -0.2) is 16.1 Å². The van der Waals surface area contributed by atoms with Crippen molar-refractivity contribution < 1.29 is 13.6 Å². The first-order valence-electron chi connectivity index (χ1n) is 9.00. The lowest BCUT2D eigenvalue weighted by molar-refractivity contribution is -0.140. The molecule has 1 N–H and O–H groups in total. The third kappa shape index (κ3) is 2.55. The van der Waals surface area contributed by atoms with Crippen LogP contribution in [0.3, 0.4) is 0 Å². The van der Waals surface area contributed by atoms with E-state index >= 15 is 0 Å². The molecule has 6 rings (SSSR count). The minimum absolute atomic E-state index is 0.0149. The normalized spacial score (nSPS) is 32.8. The van der Waals surface area contributed by atoms with Gasteiger partial charge in [0, 0.05) is 5.56 Å². The number of hydrogen-bond donors (Lipinski definition) is 1. The van der Waals surface area contributed by atoms with Gasteiger partial charge in [-0.25, -0.2) is 4.39 Å². The van der Waals surface area contributed by atoms with Crippen LogP contribution in [0.4, 0.5) is 10.4 Å². The van der Waals surface area contributed by atoms with E-state index < -0.39 is 0 Å². The molecule has 4 saturated carbocycles. The predicted molar refractivity (Wildman–Crippen MR) is 88.9 cm³/mol. The van der Waals surface area contributed by atoms with E-state index in [-0.39, 0.29) is 29.0 Å². The fourth-order valence-corrected chi connectivity index (χ4v) is 5.63. The second kappa shape index (κ2) is 5.38.